The predicted octanol–water partition coefficient (Wildman–Crippen LogP) is 2.33. The molecule has 1 saturated heterocycles. The van der Waals surface area contributed by atoms with E-state index >= 15 is 0 Å². The number of hydrogen-bond acceptors (Lipinski definition) is 3. The number of likely N-dealkylation sites (tertiary alicyclic amines) is 1. The van der Waals surface area contributed by atoms with E-state index < -0.39 is 6.17 Å². The molecule has 0 bridgehead atoms. The number of rotatable bonds is 2. The molecule has 1 amide bonds. The van der Waals surface area contributed by atoms with Gasteiger partial charge in [-0.05, 0) is 18.6 Å². The summed E-state index contributed by atoms with van der Waals surface area (Å²) in [7, 11) is 0. The highest BCUT2D eigenvalue weighted by atomic mass is 127. The van der Waals surface area contributed by atoms with E-state index in [-0.39, 0.29) is 14.8 Å². The summed E-state index contributed by atoms with van der Waals surface area (Å²) < 4.78 is 0.262. The van der Waals surface area contributed by atoms with Gasteiger partial charge in [-0.1, -0.05) is 40.8 Å². The maximum Gasteiger partial charge on any atom is 0.290 e. The molecular formula is C12H13IN2O3. The number of piperidine rings is 1. The van der Waals surface area contributed by atoms with Crippen molar-refractivity contribution in [3.05, 3.63) is 46.0 Å². The molecule has 1 aromatic rings. The van der Waals surface area contributed by atoms with Gasteiger partial charge in [-0.3, -0.25) is 19.8 Å². The Morgan fingerprint density at radius 3 is 2.67 bits per heavy atom. The van der Waals surface area contributed by atoms with Crippen LogP contribution in [-0.4, -0.2) is 32.4 Å². The van der Waals surface area contributed by atoms with Crippen molar-refractivity contribution < 1.29 is 9.72 Å². The summed E-state index contributed by atoms with van der Waals surface area (Å²) >= 11 is 2.21. The van der Waals surface area contributed by atoms with Gasteiger partial charge in [0.25, 0.3) is 12.1 Å². The van der Waals surface area contributed by atoms with Crippen molar-refractivity contribution in [1.82, 2.24) is 4.90 Å². The fourth-order valence-electron chi connectivity index (χ4n) is 2.09. The van der Waals surface area contributed by atoms with Crippen LogP contribution in [0, 0.1) is 10.1 Å². The van der Waals surface area contributed by atoms with Gasteiger partial charge in [0.15, 0.2) is 0 Å². The highest BCUT2D eigenvalue weighted by Crippen LogP contribution is 2.25. The van der Waals surface area contributed by atoms with Gasteiger partial charge in [0.1, 0.15) is 0 Å². The Morgan fingerprint density at radius 2 is 2.06 bits per heavy atom. The van der Waals surface area contributed by atoms with Crippen LogP contribution in [0.2, 0.25) is 0 Å². The first-order chi connectivity index (χ1) is 8.59. The smallest absolute Gasteiger partial charge is 0.276 e. The highest BCUT2D eigenvalue weighted by molar-refractivity contribution is 14.1. The molecule has 2 atom stereocenters. The molecule has 1 fully saturated rings. The van der Waals surface area contributed by atoms with E-state index in [9.17, 15) is 14.9 Å². The summed E-state index contributed by atoms with van der Waals surface area (Å²) in [6, 6.07) is 8.72. The van der Waals surface area contributed by atoms with Crippen LogP contribution in [0.15, 0.2) is 30.3 Å². The van der Waals surface area contributed by atoms with Gasteiger partial charge in [-0.15, -0.1) is 0 Å². The van der Waals surface area contributed by atoms with Gasteiger partial charge < -0.3 is 0 Å². The van der Waals surface area contributed by atoms with Crippen LogP contribution in [0.5, 0.6) is 0 Å². The number of carbonyl (C=O) groups excluding carboxylic acids is 1. The lowest BCUT2D eigenvalue weighted by molar-refractivity contribution is -0.548. The first-order valence-corrected chi connectivity index (χ1v) is 6.97. The first-order valence-electron chi connectivity index (χ1n) is 5.73. The van der Waals surface area contributed by atoms with Crippen LogP contribution in [0.1, 0.15) is 23.2 Å². The number of halogens is 1. The summed E-state index contributed by atoms with van der Waals surface area (Å²) in [4.78, 5) is 24.3. The fraction of sp³-hybridized carbons (Fsp3) is 0.417. The second-order valence-electron chi connectivity index (χ2n) is 4.25. The van der Waals surface area contributed by atoms with Crippen LogP contribution in [0.4, 0.5) is 0 Å². The molecule has 0 saturated carbocycles. The second kappa shape index (κ2) is 5.64. The molecule has 5 nitrogen and oxygen atoms in total. The molecule has 1 aliphatic rings. The molecule has 2 unspecified atom stereocenters. The third-order valence-electron chi connectivity index (χ3n) is 3.03. The normalized spacial score (nSPS) is 23.7. The minimum Gasteiger partial charge on any atom is -0.276 e. The van der Waals surface area contributed by atoms with Crippen LogP contribution in [0.3, 0.4) is 0 Å². The lowest BCUT2D eigenvalue weighted by Gasteiger charge is -2.32. The van der Waals surface area contributed by atoms with E-state index in [1.54, 1.807) is 24.3 Å². The lowest BCUT2D eigenvalue weighted by atomic mass is 10.1. The zero-order valence-electron chi connectivity index (χ0n) is 9.66. The van der Waals surface area contributed by atoms with Gasteiger partial charge in [-0.25, -0.2) is 0 Å². The number of benzene rings is 1. The molecular weight excluding hydrogens is 347 g/mol. The number of nitro groups is 1. The second-order valence-corrected chi connectivity index (χ2v) is 6.01. The summed E-state index contributed by atoms with van der Waals surface area (Å²) in [6.45, 7) is 0.451. The van der Waals surface area contributed by atoms with E-state index in [4.69, 9.17) is 0 Å². The number of nitrogens with zero attached hydrogens (tertiary/aromatic N) is 2. The van der Waals surface area contributed by atoms with Crippen LogP contribution in [-0.2, 0) is 0 Å². The molecule has 0 aliphatic carbocycles. The number of carbonyl (C=O) groups is 1. The quantitative estimate of drug-likeness (QED) is 0.352. The summed E-state index contributed by atoms with van der Waals surface area (Å²) in [5.74, 6) is -0.249. The SMILES string of the molecule is O=C(c1ccccc1)N1CCC(I)CC1[N+](=O)[O-]. The van der Waals surface area contributed by atoms with Crippen LogP contribution in [0.25, 0.3) is 0 Å². The van der Waals surface area contributed by atoms with Crippen molar-refractivity contribution in [2.45, 2.75) is 22.9 Å². The van der Waals surface area contributed by atoms with E-state index in [1.807, 2.05) is 6.07 Å². The fourth-order valence-corrected chi connectivity index (χ4v) is 2.82. The molecule has 0 N–H and O–H groups in total. The zero-order chi connectivity index (χ0) is 13.1. The monoisotopic (exact) mass is 360 g/mol. The molecule has 2 rings (SSSR count). The number of hydrogen-bond donors (Lipinski definition) is 0. The van der Waals surface area contributed by atoms with Crippen molar-refractivity contribution in [3.8, 4) is 0 Å². The van der Waals surface area contributed by atoms with E-state index in [1.165, 1.54) is 4.90 Å². The average molecular weight is 360 g/mol. The van der Waals surface area contributed by atoms with Crippen LogP contribution < -0.4 is 0 Å². The van der Waals surface area contributed by atoms with E-state index in [0.717, 1.165) is 6.42 Å². The van der Waals surface area contributed by atoms with Crippen molar-refractivity contribution >= 4 is 28.5 Å². The topological polar surface area (TPSA) is 63.5 Å². The van der Waals surface area contributed by atoms with E-state index in [2.05, 4.69) is 22.6 Å². The zero-order valence-corrected chi connectivity index (χ0v) is 11.8. The summed E-state index contributed by atoms with van der Waals surface area (Å²) in [5.41, 5.74) is 0.510. The van der Waals surface area contributed by atoms with Crippen molar-refractivity contribution in [2.75, 3.05) is 6.54 Å². The summed E-state index contributed by atoms with van der Waals surface area (Å²) in [5, 5.41) is 11.1. The minimum absolute atomic E-state index is 0.249. The van der Waals surface area contributed by atoms with Gasteiger partial charge >= 0.3 is 0 Å². The van der Waals surface area contributed by atoms with Gasteiger partial charge in [0, 0.05) is 27.4 Å². The Balaban J connectivity index is 2.20. The maximum atomic E-state index is 12.2. The molecule has 18 heavy (non-hydrogen) atoms. The van der Waals surface area contributed by atoms with Crippen molar-refractivity contribution in [1.29, 1.82) is 0 Å². The first kappa shape index (κ1) is 13.3. The van der Waals surface area contributed by atoms with Crippen molar-refractivity contribution in [3.63, 3.8) is 0 Å². The Hall–Kier alpha value is -1.18. The Labute approximate surface area is 118 Å². The van der Waals surface area contributed by atoms with Crippen LogP contribution >= 0.6 is 22.6 Å². The molecule has 1 aromatic carbocycles. The predicted molar refractivity (Wildman–Crippen MR) is 75.3 cm³/mol. The summed E-state index contributed by atoms with van der Waals surface area (Å²) in [6.07, 6.45) is 0.337. The minimum atomic E-state index is -0.895. The number of amides is 1. The molecule has 6 heteroatoms. The highest BCUT2D eigenvalue weighted by Gasteiger charge is 2.38. The molecule has 96 valence electrons. The average Bonchev–Trinajstić information content (AvgIpc) is 2.39. The Kier molecular flexibility index (Phi) is 4.15. The molecule has 0 aromatic heterocycles. The molecule has 1 heterocycles. The molecule has 1 aliphatic heterocycles. The largest absolute Gasteiger partial charge is 0.290 e. The number of alkyl halides is 1. The Morgan fingerprint density at radius 1 is 1.39 bits per heavy atom. The molecule has 0 radical (unpaired) electrons. The van der Waals surface area contributed by atoms with E-state index in [0.29, 0.717) is 18.5 Å². The Bertz CT molecular complexity index is 452. The van der Waals surface area contributed by atoms with Gasteiger partial charge in [0.05, 0.1) is 0 Å². The van der Waals surface area contributed by atoms with Gasteiger partial charge in [-0.2, -0.15) is 0 Å². The third-order valence-corrected chi connectivity index (χ3v) is 4.17. The maximum absolute atomic E-state index is 12.2. The van der Waals surface area contributed by atoms with Crippen molar-refractivity contribution in [2.24, 2.45) is 0 Å². The van der Waals surface area contributed by atoms with Gasteiger partial charge in [0.2, 0.25) is 0 Å². The standard InChI is InChI=1S/C12H13IN2O3/c13-10-6-7-14(11(8-10)15(17)18)12(16)9-4-2-1-3-5-9/h1-5,10-11H,6-8H2. The molecule has 0 spiro atoms. The lowest BCUT2D eigenvalue weighted by Crippen LogP contribution is -2.50. The third kappa shape index (κ3) is 2.80.